The Morgan fingerprint density at radius 3 is 2.50 bits per heavy atom. The average molecular weight is 406 g/mol. The van der Waals surface area contributed by atoms with E-state index in [1.54, 1.807) is 4.90 Å². The summed E-state index contributed by atoms with van der Waals surface area (Å²) >= 11 is 2.17. The van der Waals surface area contributed by atoms with E-state index in [1.807, 2.05) is 54.6 Å². The van der Waals surface area contributed by atoms with Crippen molar-refractivity contribution in [2.24, 2.45) is 0 Å². The van der Waals surface area contributed by atoms with Gasteiger partial charge in [-0.15, -0.1) is 0 Å². The van der Waals surface area contributed by atoms with Crippen LogP contribution in [0.15, 0.2) is 54.6 Å². The largest absolute Gasteiger partial charge is 0.483 e. The number of carbonyl (C=O) groups excluding carboxylic acids is 1. The van der Waals surface area contributed by atoms with Crippen LogP contribution in [0.25, 0.3) is 0 Å². The molecule has 0 unspecified atom stereocenters. The van der Waals surface area contributed by atoms with Crippen LogP contribution >= 0.6 is 22.6 Å². The number of hydrogen-bond acceptors (Lipinski definition) is 3. The number of ether oxygens (including phenoxy) is 1. The monoisotopic (exact) mass is 406 g/mol. The molecule has 0 aliphatic heterocycles. The first-order chi connectivity index (χ1) is 10.7. The smallest absolute Gasteiger partial charge is 0.264 e. The Balaban J connectivity index is 2.06. The summed E-state index contributed by atoms with van der Waals surface area (Å²) in [5, 5.41) is 8.77. The van der Waals surface area contributed by atoms with Gasteiger partial charge in [0.1, 0.15) is 5.75 Å². The summed E-state index contributed by atoms with van der Waals surface area (Å²) in [5.41, 5.74) is 0.772. The maximum Gasteiger partial charge on any atom is 0.264 e. The normalized spacial score (nSPS) is 9.82. The molecule has 0 bridgehead atoms. The fourth-order valence-corrected chi connectivity index (χ4v) is 2.49. The lowest BCUT2D eigenvalue weighted by Crippen LogP contribution is -2.35. The Hall–Kier alpha value is -2.07. The summed E-state index contributed by atoms with van der Waals surface area (Å²) in [6.45, 7) is 0.301. The molecule has 0 radical (unpaired) electrons. The molecule has 2 aromatic carbocycles. The average Bonchev–Trinajstić information content (AvgIpc) is 2.55. The number of nitrogens with zero attached hydrogens (tertiary/aromatic N) is 2. The summed E-state index contributed by atoms with van der Waals surface area (Å²) < 4.78 is 6.55. The zero-order valence-electron chi connectivity index (χ0n) is 11.9. The summed E-state index contributed by atoms with van der Waals surface area (Å²) in [6, 6.07) is 18.9. The summed E-state index contributed by atoms with van der Waals surface area (Å²) in [6.07, 6.45) is 0.281. The highest BCUT2D eigenvalue weighted by atomic mass is 127. The van der Waals surface area contributed by atoms with Gasteiger partial charge >= 0.3 is 0 Å². The van der Waals surface area contributed by atoms with E-state index in [4.69, 9.17) is 10.00 Å². The Bertz CT molecular complexity index is 668. The van der Waals surface area contributed by atoms with Crippen molar-refractivity contribution in [3.05, 3.63) is 58.2 Å². The van der Waals surface area contributed by atoms with Crippen LogP contribution in [-0.2, 0) is 4.79 Å². The molecule has 22 heavy (non-hydrogen) atoms. The number of halogens is 1. The first kappa shape index (κ1) is 16.3. The molecule has 0 aliphatic rings. The van der Waals surface area contributed by atoms with Gasteiger partial charge in [0, 0.05) is 12.2 Å². The Labute approximate surface area is 143 Å². The molecule has 0 spiro atoms. The first-order valence-corrected chi connectivity index (χ1v) is 7.90. The third kappa shape index (κ3) is 4.46. The van der Waals surface area contributed by atoms with E-state index in [-0.39, 0.29) is 18.9 Å². The molecule has 5 heteroatoms. The Morgan fingerprint density at radius 1 is 1.14 bits per heavy atom. The van der Waals surface area contributed by atoms with E-state index in [0.29, 0.717) is 12.3 Å². The molecule has 0 N–H and O–H groups in total. The molecule has 0 aliphatic carbocycles. The van der Waals surface area contributed by atoms with E-state index in [9.17, 15) is 4.79 Å². The summed E-state index contributed by atoms with van der Waals surface area (Å²) in [7, 11) is 0. The Kier molecular flexibility index (Phi) is 6.22. The molecular formula is C17H15IN2O2. The van der Waals surface area contributed by atoms with Gasteiger partial charge in [-0.1, -0.05) is 30.3 Å². The van der Waals surface area contributed by atoms with E-state index < -0.39 is 0 Å². The van der Waals surface area contributed by atoms with Crippen LogP contribution in [0.3, 0.4) is 0 Å². The van der Waals surface area contributed by atoms with Crippen molar-refractivity contribution in [2.75, 3.05) is 18.1 Å². The highest BCUT2D eigenvalue weighted by Crippen LogP contribution is 2.20. The standard InChI is InChI=1S/C17H15IN2O2/c18-15-9-4-5-10-16(15)22-13-17(21)20(12-6-11-19)14-7-2-1-3-8-14/h1-5,7-10H,6,12-13H2. The van der Waals surface area contributed by atoms with Crippen LogP contribution in [0.1, 0.15) is 6.42 Å². The second kappa shape index (κ2) is 8.39. The number of nitriles is 1. The molecule has 0 saturated carbocycles. The van der Waals surface area contributed by atoms with E-state index >= 15 is 0 Å². The molecule has 0 fully saturated rings. The Morgan fingerprint density at radius 2 is 1.82 bits per heavy atom. The second-order valence-electron chi connectivity index (χ2n) is 4.51. The molecule has 0 aromatic heterocycles. The fraction of sp³-hybridized carbons (Fsp3) is 0.176. The topological polar surface area (TPSA) is 53.3 Å². The van der Waals surface area contributed by atoms with Gasteiger partial charge in [-0.2, -0.15) is 5.26 Å². The van der Waals surface area contributed by atoms with Gasteiger partial charge in [0.2, 0.25) is 0 Å². The number of hydrogen-bond donors (Lipinski definition) is 0. The zero-order valence-corrected chi connectivity index (χ0v) is 14.1. The number of benzene rings is 2. The van der Waals surface area contributed by atoms with E-state index in [1.165, 1.54) is 0 Å². The van der Waals surface area contributed by atoms with Gasteiger partial charge in [0.25, 0.3) is 5.91 Å². The van der Waals surface area contributed by atoms with Crippen LogP contribution < -0.4 is 9.64 Å². The molecule has 2 aromatic rings. The molecule has 112 valence electrons. The minimum Gasteiger partial charge on any atom is -0.483 e. The van der Waals surface area contributed by atoms with Crippen molar-refractivity contribution in [3.8, 4) is 11.8 Å². The van der Waals surface area contributed by atoms with Crippen molar-refractivity contribution in [2.45, 2.75) is 6.42 Å². The number of para-hydroxylation sites is 2. The van der Waals surface area contributed by atoms with Gasteiger partial charge < -0.3 is 9.64 Å². The van der Waals surface area contributed by atoms with E-state index in [0.717, 1.165) is 9.26 Å². The maximum atomic E-state index is 12.4. The van der Waals surface area contributed by atoms with Crippen molar-refractivity contribution >= 4 is 34.2 Å². The van der Waals surface area contributed by atoms with Crippen molar-refractivity contribution in [1.29, 1.82) is 5.26 Å². The third-order valence-corrected chi connectivity index (χ3v) is 3.90. The predicted molar refractivity (Wildman–Crippen MR) is 93.7 cm³/mol. The van der Waals surface area contributed by atoms with Gasteiger partial charge in [-0.3, -0.25) is 4.79 Å². The van der Waals surface area contributed by atoms with Crippen molar-refractivity contribution in [1.82, 2.24) is 0 Å². The lowest BCUT2D eigenvalue weighted by atomic mass is 10.2. The van der Waals surface area contributed by atoms with Crippen LogP contribution in [0, 0.1) is 14.9 Å². The number of rotatable bonds is 6. The van der Waals surface area contributed by atoms with Crippen molar-refractivity contribution in [3.63, 3.8) is 0 Å². The van der Waals surface area contributed by atoms with Crippen LogP contribution in [0.4, 0.5) is 5.69 Å². The zero-order chi connectivity index (χ0) is 15.8. The highest BCUT2D eigenvalue weighted by molar-refractivity contribution is 14.1. The highest BCUT2D eigenvalue weighted by Gasteiger charge is 2.16. The van der Waals surface area contributed by atoms with Crippen LogP contribution in [-0.4, -0.2) is 19.1 Å². The lowest BCUT2D eigenvalue weighted by molar-refractivity contribution is -0.120. The third-order valence-electron chi connectivity index (χ3n) is 3.00. The molecular weight excluding hydrogens is 391 g/mol. The van der Waals surface area contributed by atoms with Gasteiger partial charge in [-0.25, -0.2) is 0 Å². The minimum absolute atomic E-state index is 0.0552. The van der Waals surface area contributed by atoms with Gasteiger partial charge in [0.15, 0.2) is 6.61 Å². The number of carbonyl (C=O) groups is 1. The van der Waals surface area contributed by atoms with Gasteiger partial charge in [0.05, 0.1) is 16.1 Å². The molecule has 0 heterocycles. The number of anilines is 1. The van der Waals surface area contributed by atoms with Gasteiger partial charge in [-0.05, 0) is 46.9 Å². The summed E-state index contributed by atoms with van der Waals surface area (Å²) in [4.78, 5) is 14.0. The molecule has 4 nitrogen and oxygen atoms in total. The first-order valence-electron chi connectivity index (χ1n) is 6.82. The lowest BCUT2D eigenvalue weighted by Gasteiger charge is -2.22. The molecule has 0 atom stereocenters. The minimum atomic E-state index is -0.166. The van der Waals surface area contributed by atoms with Crippen LogP contribution in [0.2, 0.25) is 0 Å². The molecule has 2 rings (SSSR count). The molecule has 0 saturated heterocycles. The van der Waals surface area contributed by atoms with Crippen molar-refractivity contribution < 1.29 is 9.53 Å². The number of amides is 1. The van der Waals surface area contributed by atoms with Crippen LogP contribution in [0.5, 0.6) is 5.75 Å². The quantitative estimate of drug-likeness (QED) is 0.689. The second-order valence-corrected chi connectivity index (χ2v) is 5.67. The maximum absolute atomic E-state index is 12.4. The predicted octanol–water partition coefficient (Wildman–Crippen LogP) is 3.62. The SMILES string of the molecule is N#CCCN(C(=O)COc1ccccc1I)c1ccccc1. The summed E-state index contributed by atoms with van der Waals surface area (Å²) in [5.74, 6) is 0.519. The van der Waals surface area contributed by atoms with E-state index in [2.05, 4.69) is 28.7 Å². The fourth-order valence-electron chi connectivity index (χ4n) is 1.95. The molecule has 1 amide bonds.